The van der Waals surface area contributed by atoms with Gasteiger partial charge >= 0.3 is 12.4 Å². The molecule has 1 aromatic heterocycles. The second kappa shape index (κ2) is 9.08. The van der Waals surface area contributed by atoms with Crippen molar-refractivity contribution in [1.29, 1.82) is 0 Å². The molecule has 0 saturated carbocycles. The lowest BCUT2D eigenvalue weighted by molar-refractivity contribution is -0.141. The lowest BCUT2D eigenvalue weighted by Crippen LogP contribution is -2.50. The molecule has 2 amide bonds. The average Bonchev–Trinajstić information content (AvgIpc) is 3.34. The molecule has 1 saturated heterocycles. The molecular formula is C23H18F6N4O2. The van der Waals surface area contributed by atoms with Crippen LogP contribution in [0.15, 0.2) is 60.8 Å². The van der Waals surface area contributed by atoms with Crippen LogP contribution in [0.2, 0.25) is 0 Å². The molecule has 1 aliphatic rings. The predicted octanol–water partition coefficient (Wildman–Crippen LogP) is 4.51. The van der Waals surface area contributed by atoms with Crippen LogP contribution in [0.1, 0.15) is 32.0 Å². The molecule has 0 bridgehead atoms. The molecule has 35 heavy (non-hydrogen) atoms. The summed E-state index contributed by atoms with van der Waals surface area (Å²) < 4.78 is 79.0. The van der Waals surface area contributed by atoms with Gasteiger partial charge in [0, 0.05) is 37.9 Å². The molecule has 0 aliphatic carbocycles. The van der Waals surface area contributed by atoms with E-state index in [9.17, 15) is 35.9 Å². The van der Waals surface area contributed by atoms with E-state index in [1.165, 1.54) is 46.2 Å². The van der Waals surface area contributed by atoms with Gasteiger partial charge in [0.25, 0.3) is 11.8 Å². The van der Waals surface area contributed by atoms with Crippen molar-refractivity contribution >= 4 is 11.8 Å². The number of aromatic nitrogens is 2. The highest BCUT2D eigenvalue weighted by Crippen LogP contribution is 2.32. The van der Waals surface area contributed by atoms with E-state index >= 15 is 0 Å². The van der Waals surface area contributed by atoms with Gasteiger partial charge in [0.1, 0.15) is 0 Å². The highest BCUT2D eigenvalue weighted by atomic mass is 19.4. The van der Waals surface area contributed by atoms with Gasteiger partial charge in [-0.3, -0.25) is 9.59 Å². The largest absolute Gasteiger partial charge is 0.435 e. The van der Waals surface area contributed by atoms with Gasteiger partial charge in [-0.2, -0.15) is 31.4 Å². The Bertz CT molecular complexity index is 1230. The Hall–Kier alpha value is -3.83. The minimum atomic E-state index is -4.67. The summed E-state index contributed by atoms with van der Waals surface area (Å²) in [5.74, 6) is -1.12. The van der Waals surface area contributed by atoms with Crippen molar-refractivity contribution in [3.8, 4) is 5.69 Å². The number of alkyl halides is 6. The minimum absolute atomic E-state index is 0.0579. The summed E-state index contributed by atoms with van der Waals surface area (Å²) >= 11 is 0. The predicted molar refractivity (Wildman–Crippen MR) is 112 cm³/mol. The molecule has 0 unspecified atom stereocenters. The number of benzene rings is 2. The van der Waals surface area contributed by atoms with Crippen LogP contribution >= 0.6 is 0 Å². The maximum atomic E-state index is 13.2. The highest BCUT2D eigenvalue weighted by molar-refractivity contribution is 5.97. The van der Waals surface area contributed by atoms with Crippen LogP contribution in [-0.2, 0) is 12.4 Å². The van der Waals surface area contributed by atoms with Crippen LogP contribution in [0.25, 0.3) is 5.69 Å². The Kier molecular flexibility index (Phi) is 6.30. The topological polar surface area (TPSA) is 58.4 Å². The van der Waals surface area contributed by atoms with E-state index < -0.39 is 35.1 Å². The van der Waals surface area contributed by atoms with Gasteiger partial charge < -0.3 is 9.80 Å². The summed E-state index contributed by atoms with van der Waals surface area (Å²) in [7, 11) is 0. The minimum Gasteiger partial charge on any atom is -0.335 e. The van der Waals surface area contributed by atoms with Gasteiger partial charge in [0.2, 0.25) is 0 Å². The van der Waals surface area contributed by atoms with Gasteiger partial charge in [0.15, 0.2) is 5.69 Å². The highest BCUT2D eigenvalue weighted by Gasteiger charge is 2.37. The summed E-state index contributed by atoms with van der Waals surface area (Å²) in [6.45, 7) is 0.355. The number of hydrogen-bond donors (Lipinski definition) is 0. The van der Waals surface area contributed by atoms with E-state index in [1.807, 2.05) is 0 Å². The first-order valence-electron chi connectivity index (χ1n) is 10.4. The fourth-order valence-electron chi connectivity index (χ4n) is 3.76. The lowest BCUT2D eigenvalue weighted by Gasteiger charge is -2.35. The van der Waals surface area contributed by atoms with Gasteiger partial charge in [-0.05, 0) is 42.5 Å². The Labute approximate surface area is 195 Å². The molecule has 0 spiro atoms. The third-order valence-corrected chi connectivity index (χ3v) is 5.58. The zero-order valence-corrected chi connectivity index (χ0v) is 18.0. The second-order valence-corrected chi connectivity index (χ2v) is 7.82. The smallest absolute Gasteiger partial charge is 0.335 e. The SMILES string of the molecule is O=C(c1ccc(-n2ccc(C(F)(F)F)n2)cc1)N1CCN(C(=O)c2ccccc2C(F)(F)F)CC1. The summed E-state index contributed by atoms with van der Waals surface area (Å²) in [5.41, 5.74) is -1.89. The first kappa shape index (κ1) is 24.3. The Balaban J connectivity index is 1.40. The summed E-state index contributed by atoms with van der Waals surface area (Å²) in [4.78, 5) is 28.2. The number of carbonyl (C=O) groups is 2. The average molecular weight is 496 g/mol. The summed E-state index contributed by atoms with van der Waals surface area (Å²) in [6, 6.07) is 11.2. The number of halogens is 6. The monoisotopic (exact) mass is 496 g/mol. The van der Waals surface area contributed by atoms with Crippen LogP contribution in [0.5, 0.6) is 0 Å². The van der Waals surface area contributed by atoms with E-state index in [-0.39, 0.29) is 37.6 Å². The maximum Gasteiger partial charge on any atom is 0.435 e. The van der Waals surface area contributed by atoms with E-state index in [1.54, 1.807) is 0 Å². The molecule has 0 radical (unpaired) electrons. The molecule has 4 rings (SSSR count). The van der Waals surface area contributed by atoms with Crippen LogP contribution in [0.3, 0.4) is 0 Å². The Morgan fingerprint density at radius 2 is 1.29 bits per heavy atom. The Morgan fingerprint density at radius 1 is 0.714 bits per heavy atom. The molecule has 1 fully saturated rings. The first-order chi connectivity index (χ1) is 16.4. The van der Waals surface area contributed by atoms with Gasteiger partial charge in [-0.1, -0.05) is 12.1 Å². The molecule has 1 aliphatic heterocycles. The molecule has 184 valence electrons. The number of rotatable bonds is 3. The fourth-order valence-corrected chi connectivity index (χ4v) is 3.76. The maximum absolute atomic E-state index is 13.2. The number of piperazine rings is 1. The normalized spacial score (nSPS) is 14.8. The second-order valence-electron chi connectivity index (χ2n) is 7.82. The van der Waals surface area contributed by atoms with Gasteiger partial charge in [0.05, 0.1) is 16.8 Å². The van der Waals surface area contributed by atoms with Crippen molar-refractivity contribution in [1.82, 2.24) is 19.6 Å². The third kappa shape index (κ3) is 5.15. The molecule has 12 heteroatoms. The zero-order valence-electron chi connectivity index (χ0n) is 18.0. The number of nitrogens with zero attached hydrogens (tertiary/aromatic N) is 4. The quantitative estimate of drug-likeness (QED) is 0.502. The molecule has 3 aromatic rings. The van der Waals surface area contributed by atoms with E-state index in [0.717, 1.165) is 29.1 Å². The van der Waals surface area contributed by atoms with E-state index in [0.29, 0.717) is 5.69 Å². The van der Waals surface area contributed by atoms with Gasteiger partial charge in [-0.25, -0.2) is 4.68 Å². The fraction of sp³-hybridized carbons (Fsp3) is 0.261. The van der Waals surface area contributed by atoms with E-state index in [4.69, 9.17) is 0 Å². The van der Waals surface area contributed by atoms with Crippen molar-refractivity contribution < 1.29 is 35.9 Å². The molecule has 2 aromatic carbocycles. The number of carbonyl (C=O) groups excluding carboxylic acids is 2. The summed E-state index contributed by atoms with van der Waals surface area (Å²) in [6.07, 6.45) is -8.08. The van der Waals surface area contributed by atoms with E-state index in [2.05, 4.69) is 5.10 Å². The van der Waals surface area contributed by atoms with Crippen molar-refractivity contribution in [3.63, 3.8) is 0 Å². The number of amides is 2. The first-order valence-corrected chi connectivity index (χ1v) is 10.4. The molecule has 6 nitrogen and oxygen atoms in total. The van der Waals surface area contributed by atoms with Crippen LogP contribution in [-0.4, -0.2) is 57.6 Å². The van der Waals surface area contributed by atoms with Crippen LogP contribution in [0, 0.1) is 0 Å². The summed E-state index contributed by atoms with van der Waals surface area (Å²) in [5, 5.41) is 3.48. The third-order valence-electron chi connectivity index (χ3n) is 5.58. The van der Waals surface area contributed by atoms with Crippen molar-refractivity contribution in [2.75, 3.05) is 26.2 Å². The number of hydrogen-bond acceptors (Lipinski definition) is 3. The van der Waals surface area contributed by atoms with Gasteiger partial charge in [-0.15, -0.1) is 0 Å². The standard InChI is InChI=1S/C23H18F6N4O2/c24-22(25,26)18-4-2-1-3-17(18)21(35)32-13-11-31(12-14-32)20(34)15-5-7-16(8-6-15)33-10-9-19(30-33)23(27,28)29/h1-10H,11-14H2. The molecular weight excluding hydrogens is 478 g/mol. The molecule has 0 atom stereocenters. The molecule has 2 heterocycles. The lowest BCUT2D eigenvalue weighted by atomic mass is 10.1. The van der Waals surface area contributed by atoms with Crippen molar-refractivity contribution in [3.05, 3.63) is 83.2 Å². The molecule has 0 N–H and O–H groups in total. The van der Waals surface area contributed by atoms with Crippen LogP contribution < -0.4 is 0 Å². The Morgan fingerprint density at radius 3 is 1.83 bits per heavy atom. The van der Waals surface area contributed by atoms with Crippen LogP contribution in [0.4, 0.5) is 26.3 Å². The zero-order chi connectivity index (χ0) is 25.4. The van der Waals surface area contributed by atoms with Crippen molar-refractivity contribution in [2.24, 2.45) is 0 Å². The van der Waals surface area contributed by atoms with Crippen molar-refractivity contribution in [2.45, 2.75) is 12.4 Å².